The van der Waals surface area contributed by atoms with Crippen LogP contribution in [0.4, 0.5) is 14.5 Å². The lowest BCUT2D eigenvalue weighted by atomic mass is 10.0. The molecule has 1 aliphatic heterocycles. The molecule has 0 radical (unpaired) electrons. The van der Waals surface area contributed by atoms with E-state index in [1.54, 1.807) is 0 Å². The van der Waals surface area contributed by atoms with Crippen LogP contribution in [0.2, 0.25) is 0 Å². The van der Waals surface area contributed by atoms with Crippen molar-refractivity contribution in [3.05, 3.63) is 24.3 Å². The van der Waals surface area contributed by atoms with Gasteiger partial charge in [0, 0.05) is 18.8 Å². The van der Waals surface area contributed by atoms with Gasteiger partial charge in [-0.25, -0.2) is 8.42 Å². The van der Waals surface area contributed by atoms with Crippen LogP contribution in [0.15, 0.2) is 29.2 Å². The van der Waals surface area contributed by atoms with Gasteiger partial charge in [0.1, 0.15) is 0 Å². The summed E-state index contributed by atoms with van der Waals surface area (Å²) < 4.78 is 52.6. The number of halogens is 2. The Hall–Kier alpha value is -1.21. The number of sulfone groups is 1. The fraction of sp³-hybridized carbons (Fsp3) is 0.538. The molecule has 1 N–H and O–H groups in total. The lowest BCUT2D eigenvalue weighted by Crippen LogP contribution is -2.24. The summed E-state index contributed by atoms with van der Waals surface area (Å²) in [5.74, 6) is -2.96. The molecule has 0 amide bonds. The highest BCUT2D eigenvalue weighted by molar-refractivity contribution is 7.91. The molecular formula is C13H17F2NO3S. The molecule has 2 rings (SSSR count). The van der Waals surface area contributed by atoms with E-state index in [2.05, 4.69) is 5.32 Å². The largest absolute Gasteiger partial charge is 0.385 e. The van der Waals surface area contributed by atoms with Crippen LogP contribution in [0.3, 0.4) is 0 Å². The molecule has 1 fully saturated rings. The Morgan fingerprint density at radius 3 is 2.55 bits per heavy atom. The second-order valence-corrected chi connectivity index (χ2v) is 6.71. The Bertz CT molecular complexity index is 525. The molecule has 4 nitrogen and oxygen atoms in total. The first-order valence-electron chi connectivity index (χ1n) is 6.44. The number of nitrogens with one attached hydrogen (secondary N) is 1. The summed E-state index contributed by atoms with van der Waals surface area (Å²) in [4.78, 5) is -0.362. The highest BCUT2D eigenvalue weighted by Crippen LogP contribution is 2.21. The summed E-state index contributed by atoms with van der Waals surface area (Å²) >= 11 is 0. The molecule has 0 aromatic heterocycles. The summed E-state index contributed by atoms with van der Waals surface area (Å²) in [6.45, 7) is 2.24. The number of alkyl halides is 2. The molecule has 0 bridgehead atoms. The van der Waals surface area contributed by atoms with Gasteiger partial charge in [0.25, 0.3) is 0 Å². The maximum atomic E-state index is 12.4. The van der Waals surface area contributed by atoms with Crippen molar-refractivity contribution < 1.29 is 21.9 Å². The first kappa shape index (κ1) is 15.2. The monoisotopic (exact) mass is 305 g/mol. The van der Waals surface area contributed by atoms with Crippen molar-refractivity contribution in [2.24, 2.45) is 5.92 Å². The Balaban J connectivity index is 1.94. The van der Waals surface area contributed by atoms with E-state index >= 15 is 0 Å². The number of hydrogen-bond acceptors (Lipinski definition) is 4. The van der Waals surface area contributed by atoms with E-state index in [1.807, 2.05) is 0 Å². The van der Waals surface area contributed by atoms with Gasteiger partial charge in [-0.1, -0.05) is 0 Å². The fourth-order valence-corrected chi connectivity index (χ4v) is 2.82. The van der Waals surface area contributed by atoms with E-state index in [0.717, 1.165) is 26.0 Å². The number of hydrogen-bond donors (Lipinski definition) is 1. The van der Waals surface area contributed by atoms with Gasteiger partial charge >= 0.3 is 5.76 Å². The predicted octanol–water partition coefficient (Wildman–Crippen LogP) is 2.52. The summed E-state index contributed by atoms with van der Waals surface area (Å²) in [5, 5.41) is 3.16. The maximum Gasteiger partial charge on any atom is 0.341 e. The van der Waals surface area contributed by atoms with Gasteiger partial charge in [0.15, 0.2) is 0 Å². The van der Waals surface area contributed by atoms with Crippen LogP contribution < -0.4 is 5.32 Å². The maximum absolute atomic E-state index is 12.4. The van der Waals surface area contributed by atoms with E-state index in [4.69, 9.17) is 4.74 Å². The number of benzene rings is 1. The second kappa shape index (κ2) is 6.49. The van der Waals surface area contributed by atoms with Crippen molar-refractivity contribution in [2.75, 3.05) is 25.1 Å². The Morgan fingerprint density at radius 1 is 1.30 bits per heavy atom. The minimum atomic E-state index is -4.51. The normalized spacial score (nSPS) is 20.1. The molecule has 1 unspecified atom stereocenters. The molecule has 1 aromatic carbocycles. The molecule has 0 aliphatic carbocycles. The number of ether oxygens (including phenoxy) is 1. The molecule has 1 aliphatic rings. The SMILES string of the molecule is O=S(=O)(c1ccc(NCC2CCCOC2)cc1)C(F)F. The van der Waals surface area contributed by atoms with E-state index < -0.39 is 15.6 Å². The van der Waals surface area contributed by atoms with Crippen molar-refractivity contribution in [1.82, 2.24) is 0 Å². The average molecular weight is 305 g/mol. The summed E-state index contributed by atoms with van der Waals surface area (Å²) in [6, 6.07) is 5.39. The number of rotatable bonds is 5. The second-order valence-electron chi connectivity index (χ2n) is 4.79. The van der Waals surface area contributed by atoms with Crippen molar-refractivity contribution >= 4 is 15.5 Å². The van der Waals surface area contributed by atoms with Crippen LogP contribution >= 0.6 is 0 Å². The lowest BCUT2D eigenvalue weighted by Gasteiger charge is -2.22. The van der Waals surface area contributed by atoms with Crippen molar-refractivity contribution in [1.29, 1.82) is 0 Å². The molecule has 1 atom stereocenters. The third-order valence-electron chi connectivity index (χ3n) is 3.27. The van der Waals surface area contributed by atoms with E-state index in [0.29, 0.717) is 18.2 Å². The summed E-state index contributed by atoms with van der Waals surface area (Å²) in [6.07, 6.45) is 2.13. The van der Waals surface area contributed by atoms with Crippen LogP contribution in [0.25, 0.3) is 0 Å². The van der Waals surface area contributed by atoms with Gasteiger partial charge < -0.3 is 10.1 Å². The van der Waals surface area contributed by atoms with Gasteiger partial charge in [0.2, 0.25) is 9.84 Å². The van der Waals surface area contributed by atoms with Crippen LogP contribution in [-0.2, 0) is 14.6 Å². The predicted molar refractivity (Wildman–Crippen MR) is 71.7 cm³/mol. The van der Waals surface area contributed by atoms with Crippen molar-refractivity contribution in [3.8, 4) is 0 Å². The first-order chi connectivity index (χ1) is 9.50. The van der Waals surface area contributed by atoms with Crippen molar-refractivity contribution in [3.63, 3.8) is 0 Å². The summed E-state index contributed by atoms with van der Waals surface area (Å²) in [7, 11) is -4.51. The zero-order chi connectivity index (χ0) is 14.6. The molecule has 112 valence electrons. The Labute approximate surface area is 117 Å². The molecule has 20 heavy (non-hydrogen) atoms. The van der Waals surface area contributed by atoms with Gasteiger partial charge in [-0.3, -0.25) is 0 Å². The third kappa shape index (κ3) is 3.67. The van der Waals surface area contributed by atoms with Crippen molar-refractivity contribution in [2.45, 2.75) is 23.5 Å². The minimum Gasteiger partial charge on any atom is -0.385 e. The number of anilines is 1. The van der Waals surface area contributed by atoms with Gasteiger partial charge in [-0.05, 0) is 43.0 Å². The molecule has 1 heterocycles. The zero-order valence-electron chi connectivity index (χ0n) is 10.9. The van der Waals surface area contributed by atoms with E-state index in [1.165, 1.54) is 24.3 Å². The molecule has 7 heteroatoms. The van der Waals surface area contributed by atoms with Gasteiger partial charge in [-0.2, -0.15) is 8.78 Å². The summed E-state index contributed by atoms with van der Waals surface area (Å²) in [5.41, 5.74) is 0.712. The molecule has 1 aromatic rings. The fourth-order valence-electron chi connectivity index (χ4n) is 2.10. The van der Waals surface area contributed by atoms with E-state index in [-0.39, 0.29) is 4.90 Å². The quantitative estimate of drug-likeness (QED) is 0.908. The van der Waals surface area contributed by atoms with Gasteiger partial charge in [0.05, 0.1) is 11.5 Å². The van der Waals surface area contributed by atoms with Crippen LogP contribution in [0.1, 0.15) is 12.8 Å². The Kier molecular flexibility index (Phi) is 4.93. The molecule has 1 saturated heterocycles. The smallest absolute Gasteiger partial charge is 0.341 e. The van der Waals surface area contributed by atoms with E-state index in [9.17, 15) is 17.2 Å². The molecular weight excluding hydrogens is 288 g/mol. The third-order valence-corrected chi connectivity index (χ3v) is 4.67. The van der Waals surface area contributed by atoms with Gasteiger partial charge in [-0.15, -0.1) is 0 Å². The van der Waals surface area contributed by atoms with Crippen LogP contribution in [0.5, 0.6) is 0 Å². The standard InChI is InChI=1S/C13H17F2NO3S/c14-13(15)20(17,18)12-5-3-11(4-6-12)16-8-10-2-1-7-19-9-10/h3-6,10,13,16H,1-2,7-9H2. The Morgan fingerprint density at radius 2 is 2.00 bits per heavy atom. The van der Waals surface area contributed by atoms with Crippen LogP contribution in [0, 0.1) is 5.92 Å². The molecule has 0 spiro atoms. The highest BCUT2D eigenvalue weighted by atomic mass is 32.2. The first-order valence-corrected chi connectivity index (χ1v) is 7.98. The topological polar surface area (TPSA) is 55.4 Å². The molecule has 0 saturated carbocycles. The minimum absolute atomic E-state index is 0.362. The zero-order valence-corrected chi connectivity index (χ0v) is 11.7. The highest BCUT2D eigenvalue weighted by Gasteiger charge is 2.26. The van der Waals surface area contributed by atoms with Crippen LogP contribution in [-0.4, -0.2) is 33.9 Å². The lowest BCUT2D eigenvalue weighted by molar-refractivity contribution is 0.0595. The average Bonchev–Trinajstić information content (AvgIpc) is 2.46.